The second-order valence-electron chi connectivity index (χ2n) is 6.31. The van der Waals surface area contributed by atoms with Crippen molar-refractivity contribution in [1.82, 2.24) is 4.57 Å². The molecule has 26 heavy (non-hydrogen) atoms. The van der Waals surface area contributed by atoms with E-state index in [1.165, 1.54) is 12.1 Å². The van der Waals surface area contributed by atoms with Gasteiger partial charge in [-0.1, -0.05) is 11.6 Å². The number of hydrogen-bond donors (Lipinski definition) is 0. The fourth-order valence-electron chi connectivity index (χ4n) is 3.03. The molecule has 0 radical (unpaired) electrons. The molecule has 7 nitrogen and oxygen atoms in total. The lowest BCUT2D eigenvalue weighted by molar-refractivity contribution is -0.384. The molecule has 0 saturated heterocycles. The lowest BCUT2D eigenvalue weighted by atomic mass is 10.1. The van der Waals surface area contributed by atoms with Crippen molar-refractivity contribution in [3.8, 4) is 0 Å². The molecule has 1 aromatic carbocycles. The number of Topliss-reactive ketones (excluding diaryl/α,β-unsaturated/α-hetero) is 1. The Kier molecular flexibility index (Phi) is 4.82. The topological polar surface area (TPSA) is 91.4 Å². The summed E-state index contributed by atoms with van der Waals surface area (Å²) < 4.78 is 7.17. The van der Waals surface area contributed by atoms with E-state index in [1.54, 1.807) is 6.07 Å². The van der Waals surface area contributed by atoms with Crippen LogP contribution in [0.1, 0.15) is 51.0 Å². The van der Waals surface area contributed by atoms with Crippen molar-refractivity contribution in [2.24, 2.45) is 0 Å². The van der Waals surface area contributed by atoms with Crippen molar-refractivity contribution in [3.05, 3.63) is 61.9 Å². The lowest BCUT2D eigenvalue weighted by Crippen LogP contribution is -2.15. The third-order valence-corrected chi connectivity index (χ3v) is 4.73. The van der Waals surface area contributed by atoms with Crippen molar-refractivity contribution in [2.75, 3.05) is 6.61 Å². The number of aryl methyl sites for hydroxylation is 1. The van der Waals surface area contributed by atoms with E-state index in [2.05, 4.69) is 4.57 Å². The van der Waals surface area contributed by atoms with Gasteiger partial charge in [0.05, 0.1) is 10.5 Å². The van der Waals surface area contributed by atoms with Gasteiger partial charge in [-0.05, 0) is 44.9 Å². The zero-order valence-electron chi connectivity index (χ0n) is 14.3. The molecular formula is C18H17ClN2O5. The maximum Gasteiger partial charge on any atom is 0.338 e. The van der Waals surface area contributed by atoms with Gasteiger partial charge in [-0.25, -0.2) is 4.79 Å². The number of nitro benzene ring substituents is 1. The molecule has 1 aliphatic rings. The van der Waals surface area contributed by atoms with Crippen LogP contribution in [-0.4, -0.2) is 27.8 Å². The molecule has 0 amide bonds. The van der Waals surface area contributed by atoms with Crippen molar-refractivity contribution in [1.29, 1.82) is 0 Å². The summed E-state index contributed by atoms with van der Waals surface area (Å²) in [5.74, 6) is -1.11. The number of carbonyl (C=O) groups is 2. The van der Waals surface area contributed by atoms with E-state index in [0.717, 1.165) is 30.3 Å². The zero-order valence-corrected chi connectivity index (χ0v) is 15.1. The molecule has 0 N–H and O–H groups in total. The summed E-state index contributed by atoms with van der Waals surface area (Å²) in [6.07, 6.45) is 2.21. The number of benzene rings is 1. The molecule has 3 rings (SSSR count). The summed E-state index contributed by atoms with van der Waals surface area (Å²) in [4.78, 5) is 34.7. The van der Waals surface area contributed by atoms with Gasteiger partial charge >= 0.3 is 5.97 Å². The van der Waals surface area contributed by atoms with Crippen LogP contribution in [0.3, 0.4) is 0 Å². The summed E-state index contributed by atoms with van der Waals surface area (Å²) >= 11 is 5.72. The van der Waals surface area contributed by atoms with Gasteiger partial charge in [0, 0.05) is 29.1 Å². The standard InChI is InChI=1S/C18H17ClN2O5/c1-10-7-14(11(2)20(10)13-4-5-13)17(22)9-26-18(23)12-3-6-15(19)16(8-12)21(24)25/h3,6-8,13H,4-5,9H2,1-2H3. The predicted octanol–water partition coefficient (Wildman–Crippen LogP) is 4.04. The fraction of sp³-hybridized carbons (Fsp3) is 0.333. The Bertz CT molecular complexity index is 915. The quantitative estimate of drug-likeness (QED) is 0.328. The highest BCUT2D eigenvalue weighted by Gasteiger charge is 2.28. The molecule has 1 aliphatic carbocycles. The predicted molar refractivity (Wildman–Crippen MR) is 94.9 cm³/mol. The maximum atomic E-state index is 12.4. The van der Waals surface area contributed by atoms with E-state index in [1.807, 2.05) is 13.8 Å². The third kappa shape index (κ3) is 3.48. The van der Waals surface area contributed by atoms with Gasteiger partial charge in [0.25, 0.3) is 5.69 Å². The minimum atomic E-state index is -0.811. The number of rotatable bonds is 6. The molecule has 1 saturated carbocycles. The van der Waals surface area contributed by atoms with Gasteiger partial charge in [-0.3, -0.25) is 14.9 Å². The average molecular weight is 377 g/mol. The van der Waals surface area contributed by atoms with Crippen molar-refractivity contribution in [2.45, 2.75) is 32.7 Å². The van der Waals surface area contributed by atoms with Gasteiger partial charge < -0.3 is 9.30 Å². The van der Waals surface area contributed by atoms with E-state index < -0.39 is 17.5 Å². The van der Waals surface area contributed by atoms with Crippen LogP contribution >= 0.6 is 11.6 Å². The molecule has 1 heterocycles. The van der Waals surface area contributed by atoms with E-state index in [4.69, 9.17) is 16.3 Å². The number of nitro groups is 1. The van der Waals surface area contributed by atoms with Crippen LogP contribution in [0.15, 0.2) is 24.3 Å². The van der Waals surface area contributed by atoms with E-state index in [-0.39, 0.29) is 22.1 Å². The van der Waals surface area contributed by atoms with Crippen LogP contribution in [0.5, 0.6) is 0 Å². The summed E-state index contributed by atoms with van der Waals surface area (Å²) in [5, 5.41) is 10.8. The van der Waals surface area contributed by atoms with E-state index >= 15 is 0 Å². The number of hydrogen-bond acceptors (Lipinski definition) is 5. The monoisotopic (exact) mass is 376 g/mol. The Morgan fingerprint density at radius 3 is 2.62 bits per heavy atom. The van der Waals surface area contributed by atoms with Crippen LogP contribution in [0.4, 0.5) is 5.69 Å². The number of nitrogens with zero attached hydrogens (tertiary/aromatic N) is 2. The summed E-state index contributed by atoms with van der Waals surface area (Å²) in [6, 6.07) is 5.86. The van der Waals surface area contributed by atoms with Crippen molar-refractivity contribution in [3.63, 3.8) is 0 Å². The Hall–Kier alpha value is -2.67. The first-order chi connectivity index (χ1) is 12.3. The van der Waals surface area contributed by atoms with Gasteiger partial charge in [-0.2, -0.15) is 0 Å². The zero-order chi connectivity index (χ0) is 19.0. The first kappa shape index (κ1) is 18.1. The number of aromatic nitrogens is 1. The number of ether oxygens (including phenoxy) is 1. The molecule has 1 aromatic heterocycles. The fourth-order valence-corrected chi connectivity index (χ4v) is 3.21. The van der Waals surface area contributed by atoms with Crippen LogP contribution in [0.25, 0.3) is 0 Å². The van der Waals surface area contributed by atoms with E-state index in [9.17, 15) is 19.7 Å². The molecule has 1 fully saturated rings. The molecule has 8 heteroatoms. The Labute approximate surface area is 154 Å². The Morgan fingerprint density at radius 1 is 1.31 bits per heavy atom. The minimum absolute atomic E-state index is 0.0302. The summed E-state index contributed by atoms with van der Waals surface area (Å²) in [5.41, 5.74) is 1.99. The number of ketones is 1. The van der Waals surface area contributed by atoms with Crippen LogP contribution < -0.4 is 0 Å². The summed E-state index contributed by atoms with van der Waals surface area (Å²) in [6.45, 7) is 3.40. The molecule has 0 spiro atoms. The number of esters is 1. The Morgan fingerprint density at radius 2 is 2.00 bits per heavy atom. The molecule has 0 atom stereocenters. The van der Waals surface area contributed by atoms with Gasteiger partial charge in [0.1, 0.15) is 5.02 Å². The van der Waals surface area contributed by atoms with Crippen molar-refractivity contribution >= 4 is 29.0 Å². The summed E-state index contributed by atoms with van der Waals surface area (Å²) in [7, 11) is 0. The molecule has 0 bridgehead atoms. The van der Waals surface area contributed by atoms with E-state index in [0.29, 0.717) is 11.6 Å². The SMILES string of the molecule is Cc1cc(C(=O)COC(=O)c2ccc(Cl)c([N+](=O)[O-])c2)c(C)n1C1CC1. The minimum Gasteiger partial charge on any atom is -0.454 e. The highest BCUT2D eigenvalue weighted by Crippen LogP contribution is 2.38. The van der Waals surface area contributed by atoms with Crippen molar-refractivity contribution < 1.29 is 19.2 Å². The second-order valence-corrected chi connectivity index (χ2v) is 6.72. The smallest absolute Gasteiger partial charge is 0.338 e. The maximum absolute atomic E-state index is 12.4. The lowest BCUT2D eigenvalue weighted by Gasteiger charge is -2.08. The average Bonchev–Trinajstić information content (AvgIpc) is 3.37. The van der Waals surface area contributed by atoms with Crippen LogP contribution in [-0.2, 0) is 4.74 Å². The first-order valence-electron chi connectivity index (χ1n) is 8.12. The highest BCUT2D eigenvalue weighted by molar-refractivity contribution is 6.32. The second kappa shape index (κ2) is 6.92. The number of carbonyl (C=O) groups excluding carboxylic acids is 2. The van der Waals surface area contributed by atoms with Gasteiger partial charge in [0.2, 0.25) is 5.78 Å². The largest absolute Gasteiger partial charge is 0.454 e. The third-order valence-electron chi connectivity index (χ3n) is 4.41. The molecule has 0 aliphatic heterocycles. The first-order valence-corrected chi connectivity index (χ1v) is 8.50. The van der Waals surface area contributed by atoms with Gasteiger partial charge in [0.15, 0.2) is 6.61 Å². The molecule has 0 unspecified atom stereocenters. The Balaban J connectivity index is 1.70. The van der Waals surface area contributed by atoms with Gasteiger partial charge in [-0.15, -0.1) is 0 Å². The van der Waals surface area contributed by atoms with Crippen LogP contribution in [0, 0.1) is 24.0 Å². The molecule has 2 aromatic rings. The number of halogens is 1. The van der Waals surface area contributed by atoms with Crippen LogP contribution in [0.2, 0.25) is 5.02 Å². The highest BCUT2D eigenvalue weighted by atomic mass is 35.5. The molecular weight excluding hydrogens is 360 g/mol. The molecule has 136 valence electrons. The normalized spacial score (nSPS) is 13.5.